The summed E-state index contributed by atoms with van der Waals surface area (Å²) in [5, 5.41) is 6.79. The first-order valence-electron chi connectivity index (χ1n) is 7.28. The van der Waals surface area contributed by atoms with Gasteiger partial charge in [-0.3, -0.25) is 15.2 Å². The highest BCUT2D eigenvalue weighted by molar-refractivity contribution is 7.89. The molecule has 3 N–H and O–H groups in total. The second kappa shape index (κ2) is 6.08. The monoisotopic (exact) mass is 365 g/mol. The fourth-order valence-electron chi connectivity index (χ4n) is 2.78. The Labute approximate surface area is 145 Å². The highest BCUT2D eigenvalue weighted by atomic mass is 35.5. The molecule has 126 valence electrons. The van der Waals surface area contributed by atoms with Gasteiger partial charge in [0.15, 0.2) is 0 Å². The van der Waals surface area contributed by atoms with Crippen molar-refractivity contribution in [3.63, 3.8) is 0 Å². The van der Waals surface area contributed by atoms with Crippen LogP contribution in [0.25, 0.3) is 0 Å². The smallest absolute Gasteiger partial charge is 0.269 e. The summed E-state index contributed by atoms with van der Waals surface area (Å²) in [4.78, 5) is 12.3. The summed E-state index contributed by atoms with van der Waals surface area (Å²) in [7, 11) is -3.92. The zero-order valence-electron chi connectivity index (χ0n) is 12.9. The van der Waals surface area contributed by atoms with Gasteiger partial charge in [0.1, 0.15) is 4.90 Å². The molecule has 0 spiro atoms. The van der Waals surface area contributed by atoms with Crippen LogP contribution in [0.5, 0.6) is 0 Å². The second-order valence-electron chi connectivity index (χ2n) is 5.68. The number of halogens is 1. The molecule has 24 heavy (non-hydrogen) atoms. The van der Waals surface area contributed by atoms with E-state index < -0.39 is 10.0 Å². The third kappa shape index (κ3) is 3.10. The van der Waals surface area contributed by atoms with Crippen molar-refractivity contribution in [2.24, 2.45) is 5.14 Å². The molecule has 1 amide bonds. The Balaban J connectivity index is 1.85. The summed E-state index contributed by atoms with van der Waals surface area (Å²) in [5.74, 6) is -0.374. The molecule has 3 rings (SSSR count). The average Bonchev–Trinajstić information content (AvgIpc) is 2.82. The molecule has 1 heterocycles. The van der Waals surface area contributed by atoms with E-state index in [1.807, 2.05) is 31.2 Å². The minimum absolute atomic E-state index is 0.0833. The molecular formula is C16H16ClN3O3S. The van der Waals surface area contributed by atoms with Crippen molar-refractivity contribution < 1.29 is 13.2 Å². The van der Waals surface area contributed by atoms with Crippen LogP contribution in [-0.4, -0.2) is 20.4 Å². The van der Waals surface area contributed by atoms with Crippen molar-refractivity contribution in [1.82, 2.24) is 5.43 Å². The fraction of sp³-hybridized carbons (Fsp3) is 0.188. The van der Waals surface area contributed by atoms with Gasteiger partial charge in [0.2, 0.25) is 10.0 Å². The maximum atomic E-state index is 12.5. The molecule has 0 fully saturated rings. The third-order valence-corrected chi connectivity index (χ3v) is 5.32. The molecule has 2 aromatic carbocycles. The molecular weight excluding hydrogens is 350 g/mol. The topological polar surface area (TPSA) is 92.5 Å². The number of nitrogens with zero attached hydrogens (tertiary/aromatic N) is 1. The summed E-state index contributed by atoms with van der Waals surface area (Å²) in [6.45, 7) is 2.01. The fourth-order valence-corrected chi connectivity index (χ4v) is 3.87. The van der Waals surface area contributed by atoms with E-state index in [0.717, 1.165) is 17.7 Å². The standard InChI is InChI=1S/C16H16ClN3O3S/c1-10-8-11-4-2-3-5-14(11)20(10)19-16(21)12-6-7-15(13(17)9-12)24(18,22)23/h2-7,9-10H,8H2,1H3,(H,19,21)(H2,18,22,23). The van der Waals surface area contributed by atoms with Crippen LogP contribution in [-0.2, 0) is 16.4 Å². The number of hydrogen-bond acceptors (Lipinski definition) is 4. The summed E-state index contributed by atoms with van der Waals surface area (Å²) in [5.41, 5.74) is 5.21. The number of nitrogens with one attached hydrogen (secondary N) is 1. The van der Waals surface area contributed by atoms with Crippen molar-refractivity contribution in [2.75, 3.05) is 5.01 Å². The van der Waals surface area contributed by atoms with Crippen LogP contribution in [0.2, 0.25) is 5.02 Å². The molecule has 1 aliphatic heterocycles. The minimum Gasteiger partial charge on any atom is -0.282 e. The number of carbonyl (C=O) groups excluding carboxylic acids is 1. The SMILES string of the molecule is CC1Cc2ccccc2N1NC(=O)c1ccc(S(N)(=O)=O)c(Cl)c1. The van der Waals surface area contributed by atoms with Crippen LogP contribution in [0.3, 0.4) is 0 Å². The van der Waals surface area contributed by atoms with E-state index in [4.69, 9.17) is 16.7 Å². The predicted octanol–water partition coefficient (Wildman–Crippen LogP) is 2.08. The summed E-state index contributed by atoms with van der Waals surface area (Å²) < 4.78 is 22.8. The van der Waals surface area contributed by atoms with Crippen LogP contribution in [0.4, 0.5) is 5.69 Å². The molecule has 1 aliphatic rings. The van der Waals surface area contributed by atoms with Crippen molar-refractivity contribution in [3.05, 3.63) is 58.6 Å². The first-order valence-corrected chi connectivity index (χ1v) is 9.20. The number of rotatable bonds is 3. The highest BCUT2D eigenvalue weighted by Crippen LogP contribution is 2.30. The van der Waals surface area contributed by atoms with E-state index in [-0.39, 0.29) is 27.4 Å². The van der Waals surface area contributed by atoms with Gasteiger partial charge in [0, 0.05) is 5.56 Å². The molecule has 0 bridgehead atoms. The maximum absolute atomic E-state index is 12.5. The molecule has 6 nitrogen and oxygen atoms in total. The van der Waals surface area contributed by atoms with E-state index in [0.29, 0.717) is 0 Å². The lowest BCUT2D eigenvalue weighted by Gasteiger charge is -2.25. The number of sulfonamides is 1. The Kier molecular flexibility index (Phi) is 4.25. The van der Waals surface area contributed by atoms with Crippen LogP contribution in [0, 0.1) is 0 Å². The molecule has 8 heteroatoms. The lowest BCUT2D eigenvalue weighted by atomic mass is 10.1. The number of amides is 1. The summed E-state index contributed by atoms with van der Waals surface area (Å²) in [6, 6.07) is 11.9. The zero-order chi connectivity index (χ0) is 17.5. The summed E-state index contributed by atoms with van der Waals surface area (Å²) in [6.07, 6.45) is 0.835. The number of hydrazine groups is 1. The highest BCUT2D eigenvalue weighted by Gasteiger charge is 2.27. The van der Waals surface area contributed by atoms with Crippen molar-refractivity contribution in [1.29, 1.82) is 0 Å². The number of para-hydroxylation sites is 1. The quantitative estimate of drug-likeness (QED) is 0.871. The van der Waals surface area contributed by atoms with Gasteiger partial charge >= 0.3 is 0 Å². The molecule has 1 unspecified atom stereocenters. The number of fused-ring (bicyclic) bond motifs is 1. The molecule has 0 saturated heterocycles. The molecule has 0 saturated carbocycles. The summed E-state index contributed by atoms with van der Waals surface area (Å²) >= 11 is 5.93. The van der Waals surface area contributed by atoms with E-state index >= 15 is 0 Å². The van der Waals surface area contributed by atoms with E-state index in [1.165, 1.54) is 18.2 Å². The van der Waals surface area contributed by atoms with Crippen LogP contribution in [0.1, 0.15) is 22.8 Å². The Bertz CT molecular complexity index is 915. The minimum atomic E-state index is -3.92. The number of nitrogens with two attached hydrogens (primary N) is 1. The zero-order valence-corrected chi connectivity index (χ0v) is 14.4. The van der Waals surface area contributed by atoms with E-state index in [9.17, 15) is 13.2 Å². The van der Waals surface area contributed by atoms with Gasteiger partial charge in [-0.15, -0.1) is 0 Å². The first kappa shape index (κ1) is 16.8. The molecule has 0 aromatic heterocycles. The third-order valence-electron chi connectivity index (χ3n) is 3.93. The van der Waals surface area contributed by atoms with Gasteiger partial charge in [0.05, 0.1) is 16.8 Å². The lowest BCUT2D eigenvalue weighted by molar-refractivity contribution is 0.0946. The van der Waals surface area contributed by atoms with Gasteiger partial charge in [-0.05, 0) is 43.2 Å². The van der Waals surface area contributed by atoms with Gasteiger partial charge < -0.3 is 0 Å². The van der Waals surface area contributed by atoms with Gasteiger partial charge in [-0.1, -0.05) is 29.8 Å². The number of primary sulfonamides is 1. The number of anilines is 1. The molecule has 0 radical (unpaired) electrons. The average molecular weight is 366 g/mol. The number of benzene rings is 2. The normalized spacial score (nSPS) is 16.8. The van der Waals surface area contributed by atoms with Crippen LogP contribution < -0.4 is 15.6 Å². The van der Waals surface area contributed by atoms with Crippen LogP contribution >= 0.6 is 11.6 Å². The van der Waals surface area contributed by atoms with E-state index in [1.54, 1.807) is 5.01 Å². The van der Waals surface area contributed by atoms with Gasteiger partial charge in [0.25, 0.3) is 5.91 Å². The Hall–Kier alpha value is -2.09. The molecule has 1 atom stereocenters. The van der Waals surface area contributed by atoms with Crippen LogP contribution in [0.15, 0.2) is 47.4 Å². The van der Waals surface area contributed by atoms with Gasteiger partial charge in [-0.2, -0.15) is 0 Å². The van der Waals surface area contributed by atoms with Crippen molar-refractivity contribution in [3.8, 4) is 0 Å². The Morgan fingerprint density at radius 1 is 1.29 bits per heavy atom. The number of hydrogen-bond donors (Lipinski definition) is 2. The van der Waals surface area contributed by atoms with Crippen molar-refractivity contribution >= 4 is 33.2 Å². The van der Waals surface area contributed by atoms with Crippen molar-refractivity contribution in [2.45, 2.75) is 24.3 Å². The maximum Gasteiger partial charge on any atom is 0.269 e. The number of carbonyl (C=O) groups is 1. The Morgan fingerprint density at radius 3 is 2.67 bits per heavy atom. The van der Waals surface area contributed by atoms with E-state index in [2.05, 4.69) is 5.43 Å². The largest absolute Gasteiger partial charge is 0.282 e. The Morgan fingerprint density at radius 2 is 2.00 bits per heavy atom. The second-order valence-corrected chi connectivity index (χ2v) is 7.62. The molecule has 2 aromatic rings. The molecule has 0 aliphatic carbocycles. The first-order chi connectivity index (χ1) is 11.3. The lowest BCUT2D eigenvalue weighted by Crippen LogP contribution is -2.45. The predicted molar refractivity (Wildman–Crippen MR) is 92.4 cm³/mol. The van der Waals surface area contributed by atoms with Gasteiger partial charge in [-0.25, -0.2) is 13.6 Å².